The largest absolute Gasteiger partial charge is 0.369 e. The molecular weight excluding hydrogens is 372 g/mol. The Balaban J connectivity index is 1.86. The maximum absolute atomic E-state index is 13.9. The summed E-state index contributed by atoms with van der Waals surface area (Å²) in [6.07, 6.45) is 0. The van der Waals surface area contributed by atoms with Crippen molar-refractivity contribution in [1.82, 2.24) is 9.62 Å². The van der Waals surface area contributed by atoms with E-state index in [-0.39, 0.29) is 4.90 Å². The first kappa shape index (κ1) is 19.7. The first-order valence-corrected chi connectivity index (χ1v) is 10.3. The smallest absolute Gasteiger partial charge is 0.241 e. The summed E-state index contributed by atoms with van der Waals surface area (Å²) in [5, 5.41) is 0. The Kier molecular flexibility index (Phi) is 5.78. The lowest BCUT2D eigenvalue weighted by Crippen LogP contribution is -2.45. The van der Waals surface area contributed by atoms with Gasteiger partial charge in [-0.2, -0.15) is 0 Å². The van der Waals surface area contributed by atoms with Crippen LogP contribution in [0.3, 0.4) is 0 Å². The van der Waals surface area contributed by atoms with Gasteiger partial charge in [0.15, 0.2) is 0 Å². The molecule has 1 N–H and O–H groups in total. The number of halogens is 2. The number of benzene rings is 2. The molecule has 3 rings (SSSR count). The van der Waals surface area contributed by atoms with Crippen molar-refractivity contribution < 1.29 is 17.2 Å². The Hall–Kier alpha value is -2.03. The normalized spacial score (nSPS) is 17.1. The molecule has 0 spiro atoms. The molecule has 5 nitrogen and oxygen atoms in total. The average Bonchev–Trinajstić information content (AvgIpc) is 2.62. The van der Waals surface area contributed by atoms with Gasteiger partial charge in [-0.1, -0.05) is 0 Å². The molecule has 2 aromatic rings. The van der Waals surface area contributed by atoms with Crippen molar-refractivity contribution >= 4 is 15.7 Å². The maximum atomic E-state index is 13.9. The zero-order valence-corrected chi connectivity index (χ0v) is 16.1. The fraction of sp³-hybridized carbons (Fsp3) is 0.368. The van der Waals surface area contributed by atoms with E-state index in [0.29, 0.717) is 5.56 Å². The third-order valence-electron chi connectivity index (χ3n) is 4.76. The van der Waals surface area contributed by atoms with Crippen molar-refractivity contribution in [3.8, 4) is 0 Å². The summed E-state index contributed by atoms with van der Waals surface area (Å²) in [5.74, 6) is -0.930. The number of hydrogen-bond acceptors (Lipinski definition) is 4. The zero-order valence-electron chi connectivity index (χ0n) is 15.3. The predicted molar refractivity (Wildman–Crippen MR) is 101 cm³/mol. The van der Waals surface area contributed by atoms with Crippen LogP contribution in [0.25, 0.3) is 0 Å². The highest BCUT2D eigenvalue weighted by atomic mass is 32.2. The lowest BCUT2D eigenvalue weighted by atomic mass is 10.0. The van der Waals surface area contributed by atoms with E-state index in [1.807, 2.05) is 7.05 Å². The van der Waals surface area contributed by atoms with Crippen LogP contribution in [0.2, 0.25) is 0 Å². The van der Waals surface area contributed by atoms with Gasteiger partial charge in [0, 0.05) is 37.9 Å². The van der Waals surface area contributed by atoms with Crippen molar-refractivity contribution in [2.45, 2.75) is 17.9 Å². The van der Waals surface area contributed by atoms with Crippen molar-refractivity contribution in [3.63, 3.8) is 0 Å². The van der Waals surface area contributed by atoms with Gasteiger partial charge in [-0.05, 0) is 62.0 Å². The molecule has 0 saturated carbocycles. The van der Waals surface area contributed by atoms with Crippen molar-refractivity contribution in [2.24, 2.45) is 0 Å². The molecule has 1 unspecified atom stereocenters. The molecule has 1 atom stereocenters. The molecule has 2 aromatic carbocycles. The minimum Gasteiger partial charge on any atom is -0.369 e. The molecule has 27 heavy (non-hydrogen) atoms. The molecule has 0 amide bonds. The Morgan fingerprint density at radius 1 is 0.963 bits per heavy atom. The predicted octanol–water partition coefficient (Wildman–Crippen LogP) is 2.76. The van der Waals surface area contributed by atoms with Crippen molar-refractivity contribution in [2.75, 3.05) is 38.1 Å². The molecule has 146 valence electrons. The van der Waals surface area contributed by atoms with Crippen LogP contribution in [-0.4, -0.2) is 46.5 Å². The second-order valence-electron chi connectivity index (χ2n) is 6.79. The number of nitrogens with zero attached hydrogens (tertiary/aromatic N) is 2. The van der Waals surface area contributed by atoms with Crippen LogP contribution in [0.1, 0.15) is 18.5 Å². The van der Waals surface area contributed by atoms with E-state index in [4.69, 9.17) is 0 Å². The van der Waals surface area contributed by atoms with E-state index in [2.05, 4.69) is 14.5 Å². The Morgan fingerprint density at radius 2 is 1.56 bits per heavy atom. The fourth-order valence-corrected chi connectivity index (χ4v) is 4.41. The third-order valence-corrected chi connectivity index (χ3v) is 6.31. The lowest BCUT2D eigenvalue weighted by Gasteiger charge is -2.36. The Morgan fingerprint density at radius 3 is 2.19 bits per heavy atom. The summed E-state index contributed by atoms with van der Waals surface area (Å²) in [5.41, 5.74) is 1.39. The molecule has 8 heteroatoms. The van der Waals surface area contributed by atoms with Gasteiger partial charge in [-0.3, -0.25) is 0 Å². The van der Waals surface area contributed by atoms with Crippen molar-refractivity contribution in [1.29, 1.82) is 0 Å². The monoisotopic (exact) mass is 395 g/mol. The van der Waals surface area contributed by atoms with E-state index < -0.39 is 27.7 Å². The number of likely N-dealkylation sites (N-methyl/N-ethyl adjacent to an activating group) is 1. The summed E-state index contributed by atoms with van der Waals surface area (Å²) < 4.78 is 54.7. The standard InChI is InChI=1S/C19H23F2N3O2S/c1-14(22-27(25,26)17-6-3-15(20)4-7-17)18-13-16(21)5-8-19(18)24-11-9-23(2)10-12-24/h3-8,13-14,22H,9-12H2,1-2H3. The molecular formula is C19H23F2N3O2S. The SMILES string of the molecule is CC(NS(=O)(=O)c1ccc(F)cc1)c1cc(F)ccc1N1CCN(C)CC1. The summed E-state index contributed by atoms with van der Waals surface area (Å²) in [7, 11) is -1.82. The number of rotatable bonds is 5. The topological polar surface area (TPSA) is 52.7 Å². The average molecular weight is 395 g/mol. The van der Waals surface area contributed by atoms with Gasteiger partial charge in [0.05, 0.1) is 4.90 Å². The molecule has 0 bridgehead atoms. The number of sulfonamides is 1. The van der Waals surface area contributed by atoms with Gasteiger partial charge in [0.25, 0.3) is 0 Å². The van der Waals surface area contributed by atoms with Crippen LogP contribution in [0, 0.1) is 11.6 Å². The van der Waals surface area contributed by atoms with Gasteiger partial charge in [0.1, 0.15) is 11.6 Å². The molecule has 0 radical (unpaired) electrons. The van der Waals surface area contributed by atoms with E-state index in [1.54, 1.807) is 13.0 Å². The van der Waals surface area contributed by atoms with E-state index in [0.717, 1.165) is 44.0 Å². The van der Waals surface area contributed by atoms with E-state index in [1.165, 1.54) is 24.3 Å². The zero-order chi connectivity index (χ0) is 19.6. The van der Waals surface area contributed by atoms with Crippen LogP contribution in [0.4, 0.5) is 14.5 Å². The molecule has 1 heterocycles. The molecule has 1 aliphatic rings. The molecule has 1 aliphatic heterocycles. The van der Waals surface area contributed by atoms with E-state index in [9.17, 15) is 17.2 Å². The second-order valence-corrected chi connectivity index (χ2v) is 8.50. The number of hydrogen-bond donors (Lipinski definition) is 1. The van der Waals surface area contributed by atoms with Crippen LogP contribution in [0.15, 0.2) is 47.4 Å². The molecule has 0 aliphatic carbocycles. The Labute approximate surface area is 158 Å². The summed E-state index contributed by atoms with van der Waals surface area (Å²) >= 11 is 0. The first-order chi connectivity index (χ1) is 12.8. The molecule has 1 fully saturated rings. The Bertz CT molecular complexity index is 896. The van der Waals surface area contributed by atoms with Crippen LogP contribution >= 0.6 is 0 Å². The van der Waals surface area contributed by atoms with Gasteiger partial charge < -0.3 is 9.80 Å². The van der Waals surface area contributed by atoms with Crippen LogP contribution in [-0.2, 0) is 10.0 Å². The maximum Gasteiger partial charge on any atom is 0.241 e. The minimum absolute atomic E-state index is 0.0340. The highest BCUT2D eigenvalue weighted by Crippen LogP contribution is 2.29. The van der Waals surface area contributed by atoms with Gasteiger partial charge >= 0.3 is 0 Å². The highest BCUT2D eigenvalue weighted by Gasteiger charge is 2.24. The van der Waals surface area contributed by atoms with Gasteiger partial charge in [-0.15, -0.1) is 0 Å². The molecule has 0 aromatic heterocycles. The van der Waals surface area contributed by atoms with Crippen molar-refractivity contribution in [3.05, 3.63) is 59.7 Å². The van der Waals surface area contributed by atoms with E-state index >= 15 is 0 Å². The second kappa shape index (κ2) is 7.92. The first-order valence-electron chi connectivity index (χ1n) is 8.77. The number of piperazine rings is 1. The highest BCUT2D eigenvalue weighted by molar-refractivity contribution is 7.89. The van der Waals surface area contributed by atoms with Gasteiger partial charge in [0.2, 0.25) is 10.0 Å². The van der Waals surface area contributed by atoms with Crippen LogP contribution < -0.4 is 9.62 Å². The summed E-state index contributed by atoms with van der Waals surface area (Å²) in [4.78, 5) is 4.31. The summed E-state index contributed by atoms with van der Waals surface area (Å²) in [6, 6.07) is 8.40. The summed E-state index contributed by atoms with van der Waals surface area (Å²) in [6.45, 7) is 5.01. The van der Waals surface area contributed by atoms with Gasteiger partial charge in [-0.25, -0.2) is 21.9 Å². The fourth-order valence-electron chi connectivity index (χ4n) is 3.19. The number of anilines is 1. The number of nitrogens with one attached hydrogen (secondary N) is 1. The molecule has 1 saturated heterocycles. The van der Waals surface area contributed by atoms with Crippen LogP contribution in [0.5, 0.6) is 0 Å². The third kappa shape index (κ3) is 4.63. The minimum atomic E-state index is -3.86. The quantitative estimate of drug-likeness (QED) is 0.846. The lowest BCUT2D eigenvalue weighted by molar-refractivity contribution is 0.312.